The molecular weight excluding hydrogens is 257 g/mol. The Bertz CT molecular complexity index is 404. The molecule has 1 heterocycles. The normalized spacial score (nSPS) is 21.9. The third kappa shape index (κ3) is 2.75. The van der Waals surface area contributed by atoms with Crippen molar-refractivity contribution < 1.29 is 4.79 Å². The maximum absolute atomic E-state index is 11.8. The van der Waals surface area contributed by atoms with E-state index < -0.39 is 0 Å². The van der Waals surface area contributed by atoms with Crippen molar-refractivity contribution in [1.29, 1.82) is 0 Å². The van der Waals surface area contributed by atoms with Crippen LogP contribution in [0.3, 0.4) is 0 Å². The Balaban J connectivity index is 2.21. The topological polar surface area (TPSA) is 20.3 Å². The van der Waals surface area contributed by atoms with Crippen molar-refractivity contribution in [1.82, 2.24) is 4.90 Å². The zero-order valence-electron chi connectivity index (χ0n) is 9.70. The molecule has 2 rings (SSSR count). The first-order chi connectivity index (χ1) is 8.11. The van der Waals surface area contributed by atoms with Crippen LogP contribution in [-0.2, 0) is 4.79 Å². The maximum atomic E-state index is 11.8. The van der Waals surface area contributed by atoms with Gasteiger partial charge in [0.05, 0.1) is 11.4 Å². The molecule has 92 valence electrons. The summed E-state index contributed by atoms with van der Waals surface area (Å²) in [7, 11) is 0. The molecular formula is C13H15Cl2NO. The fourth-order valence-corrected chi connectivity index (χ4v) is 2.72. The van der Waals surface area contributed by atoms with Crippen molar-refractivity contribution in [2.75, 3.05) is 6.54 Å². The van der Waals surface area contributed by atoms with Crippen molar-refractivity contribution in [3.63, 3.8) is 0 Å². The third-order valence-electron chi connectivity index (χ3n) is 3.13. The summed E-state index contributed by atoms with van der Waals surface area (Å²) in [6, 6.07) is 7.79. The molecule has 0 bridgehead atoms. The van der Waals surface area contributed by atoms with E-state index in [2.05, 4.69) is 6.92 Å². The van der Waals surface area contributed by atoms with E-state index in [0.29, 0.717) is 18.0 Å². The summed E-state index contributed by atoms with van der Waals surface area (Å²) in [6.07, 6.45) is 1.34. The van der Waals surface area contributed by atoms with Crippen LogP contribution < -0.4 is 0 Å². The molecule has 17 heavy (non-hydrogen) atoms. The molecule has 1 amide bonds. The molecule has 2 nitrogen and oxygen atoms in total. The van der Waals surface area contributed by atoms with Gasteiger partial charge < -0.3 is 4.90 Å². The lowest BCUT2D eigenvalue weighted by Crippen LogP contribution is -2.30. The summed E-state index contributed by atoms with van der Waals surface area (Å²) in [6.45, 7) is 2.72. The number of hydrogen-bond acceptors (Lipinski definition) is 1. The SMILES string of the molecule is CCC(c1ccc(Cl)cc1)N1CC(Cl)CC1=O. The Morgan fingerprint density at radius 1 is 1.41 bits per heavy atom. The van der Waals surface area contributed by atoms with Crippen LogP contribution in [-0.4, -0.2) is 22.7 Å². The van der Waals surface area contributed by atoms with Crippen LogP contribution in [0.2, 0.25) is 5.02 Å². The molecule has 1 saturated heterocycles. The van der Waals surface area contributed by atoms with E-state index in [-0.39, 0.29) is 17.3 Å². The van der Waals surface area contributed by atoms with Crippen LogP contribution in [0, 0.1) is 0 Å². The zero-order valence-corrected chi connectivity index (χ0v) is 11.2. The number of halogens is 2. The molecule has 2 atom stereocenters. The monoisotopic (exact) mass is 271 g/mol. The number of carbonyl (C=O) groups is 1. The summed E-state index contributed by atoms with van der Waals surface area (Å²) in [5.41, 5.74) is 1.12. The van der Waals surface area contributed by atoms with Crippen LogP contribution in [0.15, 0.2) is 24.3 Å². The van der Waals surface area contributed by atoms with Gasteiger partial charge in [-0.25, -0.2) is 0 Å². The summed E-state index contributed by atoms with van der Waals surface area (Å²) in [5, 5.41) is 0.662. The minimum Gasteiger partial charge on any atom is -0.334 e. The van der Waals surface area contributed by atoms with Gasteiger partial charge in [0.2, 0.25) is 5.91 Å². The van der Waals surface area contributed by atoms with E-state index >= 15 is 0 Å². The van der Waals surface area contributed by atoms with Gasteiger partial charge in [-0.2, -0.15) is 0 Å². The number of carbonyl (C=O) groups excluding carboxylic acids is 1. The second-order valence-electron chi connectivity index (χ2n) is 4.32. The van der Waals surface area contributed by atoms with Crippen molar-refractivity contribution in [2.24, 2.45) is 0 Å². The maximum Gasteiger partial charge on any atom is 0.224 e. The Morgan fingerprint density at radius 2 is 2.06 bits per heavy atom. The molecule has 1 aliphatic rings. The van der Waals surface area contributed by atoms with E-state index in [0.717, 1.165) is 12.0 Å². The molecule has 0 spiro atoms. The lowest BCUT2D eigenvalue weighted by molar-refractivity contribution is -0.129. The summed E-state index contributed by atoms with van der Waals surface area (Å²) < 4.78 is 0. The van der Waals surface area contributed by atoms with Crippen LogP contribution in [0.4, 0.5) is 0 Å². The van der Waals surface area contributed by atoms with E-state index in [1.807, 2.05) is 29.2 Å². The molecule has 0 saturated carbocycles. The number of benzene rings is 1. The molecule has 1 fully saturated rings. The van der Waals surface area contributed by atoms with Gasteiger partial charge in [-0.05, 0) is 24.1 Å². The average Bonchev–Trinajstić information content (AvgIpc) is 2.62. The molecule has 0 aliphatic carbocycles. The molecule has 0 aromatic heterocycles. The number of nitrogens with zero attached hydrogens (tertiary/aromatic N) is 1. The van der Waals surface area contributed by atoms with E-state index in [1.165, 1.54) is 0 Å². The minimum atomic E-state index is -0.0520. The highest BCUT2D eigenvalue weighted by Gasteiger charge is 2.33. The highest BCUT2D eigenvalue weighted by molar-refractivity contribution is 6.30. The lowest BCUT2D eigenvalue weighted by Gasteiger charge is -2.27. The van der Waals surface area contributed by atoms with Gasteiger partial charge in [-0.3, -0.25) is 4.79 Å². The number of hydrogen-bond donors (Lipinski definition) is 0. The van der Waals surface area contributed by atoms with Crippen LogP contribution in [0.25, 0.3) is 0 Å². The predicted octanol–water partition coefficient (Wildman–Crippen LogP) is 3.63. The van der Waals surface area contributed by atoms with Gasteiger partial charge in [-0.15, -0.1) is 11.6 Å². The van der Waals surface area contributed by atoms with Gasteiger partial charge in [-0.1, -0.05) is 30.7 Å². The predicted molar refractivity (Wildman–Crippen MR) is 70.5 cm³/mol. The lowest BCUT2D eigenvalue weighted by atomic mass is 10.0. The third-order valence-corrected chi connectivity index (χ3v) is 3.67. The van der Waals surface area contributed by atoms with Crippen LogP contribution >= 0.6 is 23.2 Å². The molecule has 1 aliphatic heterocycles. The molecule has 0 N–H and O–H groups in total. The summed E-state index contributed by atoms with van der Waals surface area (Å²) in [5.74, 6) is 0.145. The molecule has 1 aromatic carbocycles. The quantitative estimate of drug-likeness (QED) is 0.769. The highest BCUT2D eigenvalue weighted by atomic mass is 35.5. The first kappa shape index (κ1) is 12.7. The molecule has 0 radical (unpaired) electrons. The zero-order chi connectivity index (χ0) is 12.4. The average molecular weight is 272 g/mol. The van der Waals surface area contributed by atoms with E-state index in [4.69, 9.17) is 23.2 Å². The fraction of sp³-hybridized carbons (Fsp3) is 0.462. The van der Waals surface area contributed by atoms with Gasteiger partial charge in [0.15, 0.2) is 0 Å². The number of amides is 1. The first-order valence-corrected chi connectivity index (χ1v) is 6.62. The fourth-order valence-electron chi connectivity index (χ4n) is 2.31. The Hall–Kier alpha value is -0.730. The Kier molecular flexibility index (Phi) is 3.95. The second-order valence-corrected chi connectivity index (χ2v) is 5.38. The van der Waals surface area contributed by atoms with Gasteiger partial charge in [0.1, 0.15) is 0 Å². The first-order valence-electron chi connectivity index (χ1n) is 5.80. The van der Waals surface area contributed by atoms with Crippen molar-refractivity contribution in [3.05, 3.63) is 34.9 Å². The standard InChI is InChI=1S/C13H15Cl2NO/c1-2-12(9-3-5-10(14)6-4-9)16-8-11(15)7-13(16)17/h3-6,11-12H,2,7-8H2,1H3. The second kappa shape index (κ2) is 5.28. The smallest absolute Gasteiger partial charge is 0.224 e. The summed E-state index contributed by atoms with van der Waals surface area (Å²) in [4.78, 5) is 13.7. The Labute approximate surface area is 112 Å². The van der Waals surface area contributed by atoms with Crippen molar-refractivity contribution in [3.8, 4) is 0 Å². The van der Waals surface area contributed by atoms with Crippen molar-refractivity contribution >= 4 is 29.1 Å². The van der Waals surface area contributed by atoms with Crippen LogP contribution in [0.1, 0.15) is 31.4 Å². The molecule has 2 unspecified atom stereocenters. The number of likely N-dealkylation sites (tertiary alicyclic amines) is 1. The van der Waals surface area contributed by atoms with Gasteiger partial charge in [0.25, 0.3) is 0 Å². The molecule has 4 heteroatoms. The largest absolute Gasteiger partial charge is 0.334 e. The van der Waals surface area contributed by atoms with E-state index in [1.54, 1.807) is 0 Å². The highest BCUT2D eigenvalue weighted by Crippen LogP contribution is 2.30. The van der Waals surface area contributed by atoms with Gasteiger partial charge in [0, 0.05) is 18.0 Å². The Morgan fingerprint density at radius 3 is 2.53 bits per heavy atom. The van der Waals surface area contributed by atoms with E-state index in [9.17, 15) is 4.79 Å². The number of alkyl halides is 1. The van der Waals surface area contributed by atoms with Crippen molar-refractivity contribution in [2.45, 2.75) is 31.2 Å². The minimum absolute atomic E-state index is 0.0520. The summed E-state index contributed by atoms with van der Waals surface area (Å²) >= 11 is 11.9. The van der Waals surface area contributed by atoms with Gasteiger partial charge >= 0.3 is 0 Å². The number of rotatable bonds is 3. The van der Waals surface area contributed by atoms with Crippen LogP contribution in [0.5, 0.6) is 0 Å². The molecule has 1 aromatic rings.